The fourth-order valence-corrected chi connectivity index (χ4v) is 3.95. The maximum atomic E-state index is 5.27. The Morgan fingerprint density at radius 2 is 2.04 bits per heavy atom. The van der Waals surface area contributed by atoms with E-state index in [0.717, 1.165) is 35.7 Å². The monoisotopic (exact) mass is 337 g/mol. The molecular formula is C19H19N3OS. The van der Waals surface area contributed by atoms with E-state index in [0.29, 0.717) is 0 Å². The maximum Gasteiger partial charge on any atom is 0.121 e. The summed E-state index contributed by atoms with van der Waals surface area (Å²) in [5, 5.41) is 3.61. The highest BCUT2D eigenvalue weighted by molar-refractivity contribution is 7.17. The lowest BCUT2D eigenvalue weighted by Crippen LogP contribution is -2.17. The third kappa shape index (κ3) is 2.88. The molecule has 0 aliphatic heterocycles. The van der Waals surface area contributed by atoms with Crippen LogP contribution >= 0.6 is 11.3 Å². The van der Waals surface area contributed by atoms with Crippen molar-refractivity contribution in [1.29, 1.82) is 0 Å². The van der Waals surface area contributed by atoms with E-state index in [4.69, 9.17) is 4.74 Å². The quantitative estimate of drug-likeness (QED) is 0.586. The van der Waals surface area contributed by atoms with Gasteiger partial charge in [0.05, 0.1) is 24.7 Å². The van der Waals surface area contributed by atoms with Gasteiger partial charge in [0.2, 0.25) is 0 Å². The van der Waals surface area contributed by atoms with Crippen LogP contribution < -0.4 is 4.74 Å². The van der Waals surface area contributed by atoms with Crippen molar-refractivity contribution in [3.05, 3.63) is 59.2 Å². The summed E-state index contributed by atoms with van der Waals surface area (Å²) in [7, 11) is 3.80. The van der Waals surface area contributed by atoms with E-state index < -0.39 is 0 Å². The number of aromatic amines is 1. The zero-order chi connectivity index (χ0) is 16.5. The van der Waals surface area contributed by atoms with Crippen molar-refractivity contribution in [1.82, 2.24) is 14.9 Å². The van der Waals surface area contributed by atoms with Gasteiger partial charge in [0.25, 0.3) is 0 Å². The Kier molecular flexibility index (Phi) is 3.96. The van der Waals surface area contributed by atoms with Gasteiger partial charge in [-0.25, -0.2) is 4.98 Å². The molecule has 4 nitrogen and oxygen atoms in total. The molecule has 2 aromatic heterocycles. The van der Waals surface area contributed by atoms with Crippen molar-refractivity contribution < 1.29 is 4.74 Å². The number of thiophene rings is 1. The SMILES string of the molecule is COc1ccc2nc(CN(C)Cc3csc4ccccc34)[nH]c2c1. The molecule has 0 aliphatic rings. The summed E-state index contributed by atoms with van der Waals surface area (Å²) in [5.74, 6) is 1.82. The average Bonchev–Trinajstić information content (AvgIpc) is 3.17. The second-order valence-electron chi connectivity index (χ2n) is 6.00. The standard InChI is InChI=1S/C19H19N3OS/c1-22(10-13-12-24-18-6-4-3-5-15(13)18)11-19-20-16-8-7-14(23-2)9-17(16)21-19/h3-9,12H,10-11H2,1-2H3,(H,20,21). The number of imidazole rings is 1. The zero-order valence-electron chi connectivity index (χ0n) is 13.7. The number of benzene rings is 2. The van der Waals surface area contributed by atoms with Crippen molar-refractivity contribution in [2.45, 2.75) is 13.1 Å². The van der Waals surface area contributed by atoms with Gasteiger partial charge in [0.15, 0.2) is 0 Å². The van der Waals surface area contributed by atoms with E-state index in [1.165, 1.54) is 15.6 Å². The summed E-state index contributed by atoms with van der Waals surface area (Å²) in [6.45, 7) is 1.69. The first kappa shape index (κ1) is 15.2. The highest BCUT2D eigenvalue weighted by Gasteiger charge is 2.10. The van der Waals surface area contributed by atoms with Crippen LogP contribution in [-0.4, -0.2) is 29.0 Å². The Balaban J connectivity index is 1.52. The summed E-state index contributed by atoms with van der Waals surface area (Å²) < 4.78 is 6.61. The van der Waals surface area contributed by atoms with Crippen LogP contribution in [0, 0.1) is 0 Å². The minimum absolute atomic E-state index is 0.779. The molecule has 0 spiro atoms. The number of methoxy groups -OCH3 is 1. The minimum Gasteiger partial charge on any atom is -0.497 e. The molecule has 24 heavy (non-hydrogen) atoms. The molecular weight excluding hydrogens is 318 g/mol. The predicted octanol–water partition coefficient (Wildman–Crippen LogP) is 4.42. The predicted molar refractivity (Wildman–Crippen MR) is 99.6 cm³/mol. The summed E-state index contributed by atoms with van der Waals surface area (Å²) in [5.41, 5.74) is 3.36. The highest BCUT2D eigenvalue weighted by Crippen LogP contribution is 2.27. The third-order valence-corrected chi connectivity index (χ3v) is 5.17. The summed E-state index contributed by atoms with van der Waals surface area (Å²) in [4.78, 5) is 10.3. The third-order valence-electron chi connectivity index (χ3n) is 4.16. The van der Waals surface area contributed by atoms with Crippen LogP contribution in [0.4, 0.5) is 0 Å². The molecule has 122 valence electrons. The molecule has 0 atom stereocenters. The number of hydrogen-bond donors (Lipinski definition) is 1. The normalized spacial score (nSPS) is 11.6. The first-order valence-corrected chi connectivity index (χ1v) is 8.77. The second-order valence-corrected chi connectivity index (χ2v) is 6.91. The van der Waals surface area contributed by atoms with Crippen LogP contribution in [0.25, 0.3) is 21.1 Å². The number of nitrogens with one attached hydrogen (secondary N) is 1. The first-order valence-electron chi connectivity index (χ1n) is 7.89. The zero-order valence-corrected chi connectivity index (χ0v) is 14.6. The molecule has 4 aromatic rings. The molecule has 1 N–H and O–H groups in total. The number of H-pyrrole nitrogens is 1. The minimum atomic E-state index is 0.779. The lowest BCUT2D eigenvalue weighted by molar-refractivity contribution is 0.313. The fourth-order valence-electron chi connectivity index (χ4n) is 3.00. The molecule has 4 rings (SSSR count). The largest absolute Gasteiger partial charge is 0.497 e. The van der Waals surface area contributed by atoms with Crippen LogP contribution in [0.5, 0.6) is 5.75 Å². The first-order chi connectivity index (χ1) is 11.7. The lowest BCUT2D eigenvalue weighted by Gasteiger charge is -2.14. The average molecular weight is 337 g/mol. The van der Waals surface area contributed by atoms with Gasteiger partial charge in [-0.1, -0.05) is 18.2 Å². The summed E-state index contributed by atoms with van der Waals surface area (Å²) in [6, 6.07) is 14.5. The van der Waals surface area contributed by atoms with Gasteiger partial charge in [-0.05, 0) is 41.6 Å². The van der Waals surface area contributed by atoms with Gasteiger partial charge < -0.3 is 9.72 Å². The van der Waals surface area contributed by atoms with E-state index in [-0.39, 0.29) is 0 Å². The maximum absolute atomic E-state index is 5.27. The van der Waals surface area contributed by atoms with Crippen molar-refractivity contribution in [3.63, 3.8) is 0 Å². The van der Waals surface area contributed by atoms with Crippen molar-refractivity contribution in [2.75, 3.05) is 14.2 Å². The second kappa shape index (κ2) is 6.26. The van der Waals surface area contributed by atoms with Crippen LogP contribution in [0.15, 0.2) is 47.8 Å². The Hall–Kier alpha value is -2.37. The van der Waals surface area contributed by atoms with Crippen molar-refractivity contribution in [2.24, 2.45) is 0 Å². The molecule has 2 heterocycles. The molecule has 0 aliphatic carbocycles. The van der Waals surface area contributed by atoms with Gasteiger partial charge >= 0.3 is 0 Å². The van der Waals surface area contributed by atoms with Gasteiger partial charge in [-0.2, -0.15) is 0 Å². The molecule has 0 unspecified atom stereocenters. The van der Waals surface area contributed by atoms with E-state index >= 15 is 0 Å². The van der Waals surface area contributed by atoms with E-state index in [1.807, 2.05) is 18.2 Å². The van der Waals surface area contributed by atoms with Gasteiger partial charge in [-0.15, -0.1) is 11.3 Å². The summed E-state index contributed by atoms with van der Waals surface area (Å²) >= 11 is 1.81. The Bertz CT molecular complexity index is 989. The molecule has 0 fully saturated rings. The van der Waals surface area contributed by atoms with E-state index in [9.17, 15) is 0 Å². The van der Waals surface area contributed by atoms with Gasteiger partial charge in [0.1, 0.15) is 11.6 Å². The van der Waals surface area contributed by atoms with E-state index in [2.05, 4.69) is 51.6 Å². The number of rotatable bonds is 5. The molecule has 0 saturated heterocycles. The van der Waals surface area contributed by atoms with Crippen molar-refractivity contribution in [3.8, 4) is 5.75 Å². The number of fused-ring (bicyclic) bond motifs is 2. The Labute approximate surface area is 144 Å². The van der Waals surface area contributed by atoms with Crippen LogP contribution in [0.2, 0.25) is 0 Å². The fraction of sp³-hybridized carbons (Fsp3) is 0.211. The highest BCUT2D eigenvalue weighted by atomic mass is 32.1. The van der Waals surface area contributed by atoms with Crippen LogP contribution in [-0.2, 0) is 13.1 Å². The molecule has 0 bridgehead atoms. The number of aromatic nitrogens is 2. The van der Waals surface area contributed by atoms with Crippen LogP contribution in [0.1, 0.15) is 11.4 Å². The topological polar surface area (TPSA) is 41.1 Å². The van der Waals surface area contributed by atoms with Gasteiger partial charge in [0, 0.05) is 17.3 Å². The van der Waals surface area contributed by atoms with Crippen molar-refractivity contribution >= 4 is 32.5 Å². The molecule has 0 radical (unpaired) electrons. The molecule has 5 heteroatoms. The summed E-state index contributed by atoms with van der Waals surface area (Å²) in [6.07, 6.45) is 0. The smallest absolute Gasteiger partial charge is 0.121 e. The Morgan fingerprint density at radius 1 is 1.17 bits per heavy atom. The molecule has 0 amide bonds. The Morgan fingerprint density at radius 3 is 2.92 bits per heavy atom. The van der Waals surface area contributed by atoms with Crippen LogP contribution in [0.3, 0.4) is 0 Å². The molecule has 2 aromatic carbocycles. The van der Waals surface area contributed by atoms with Gasteiger partial charge in [-0.3, -0.25) is 4.90 Å². The molecule has 0 saturated carbocycles. The lowest BCUT2D eigenvalue weighted by atomic mass is 10.2. The number of ether oxygens (including phenoxy) is 1. The van der Waals surface area contributed by atoms with E-state index in [1.54, 1.807) is 18.4 Å². The number of hydrogen-bond acceptors (Lipinski definition) is 4. The number of nitrogens with zero attached hydrogens (tertiary/aromatic N) is 2.